The number of amides is 1. The molecule has 1 saturated carbocycles. The van der Waals surface area contributed by atoms with Gasteiger partial charge >= 0.3 is 6.09 Å². The average Bonchev–Trinajstić information content (AvgIpc) is 2.78. The summed E-state index contributed by atoms with van der Waals surface area (Å²) in [6.45, 7) is 0.803. The molecule has 2 fully saturated rings. The minimum Gasteiger partial charge on any atom is -0.508 e. The third-order valence-corrected chi connectivity index (χ3v) is 7.64. The fourth-order valence-corrected chi connectivity index (χ4v) is 6.26. The molecule has 2 bridgehead atoms. The van der Waals surface area contributed by atoms with Crippen LogP contribution in [0.4, 0.5) is 4.79 Å². The van der Waals surface area contributed by atoms with Crippen LogP contribution in [0.3, 0.4) is 0 Å². The quantitative estimate of drug-likeness (QED) is 0.797. The van der Waals surface area contributed by atoms with Crippen LogP contribution in [0.25, 0.3) is 0 Å². The fourth-order valence-electron chi connectivity index (χ4n) is 6.26. The largest absolute Gasteiger partial charge is 0.508 e. The standard InChI is InChI=1S/C25H29NO4/c27-15-19-12-18-13-22-20-8-4-5-9-25(20,21(18)14-23(19)28)10-11-26(22)24(29)30-16-17-6-2-1-3-7-17/h1-3,6-7,12,14,20,22,27-28H,4-5,8-11,13,15-16H2/t20-,22+,25+/m0/s1. The lowest BCUT2D eigenvalue weighted by Gasteiger charge is -2.58. The van der Waals surface area contributed by atoms with Gasteiger partial charge in [-0.2, -0.15) is 0 Å². The number of benzene rings is 2. The molecule has 158 valence electrons. The first-order valence-electron chi connectivity index (χ1n) is 11.1. The minimum absolute atomic E-state index is 0.0260. The van der Waals surface area contributed by atoms with Gasteiger partial charge in [0.2, 0.25) is 0 Å². The van der Waals surface area contributed by atoms with E-state index in [0.717, 1.165) is 31.2 Å². The Morgan fingerprint density at radius 1 is 1.17 bits per heavy atom. The molecule has 0 spiro atoms. The molecule has 5 rings (SSSR count). The number of aliphatic hydroxyl groups is 1. The predicted octanol–water partition coefficient (Wildman–Crippen LogP) is 4.28. The molecular weight excluding hydrogens is 378 g/mol. The smallest absolute Gasteiger partial charge is 0.410 e. The number of phenols is 1. The minimum atomic E-state index is -0.229. The SMILES string of the molecule is O=C(OCc1ccccc1)N1CC[C@]23CCCC[C@H]2[C@H]1Cc1cc(CO)c(O)cc13. The van der Waals surface area contributed by atoms with Gasteiger partial charge in [0.05, 0.1) is 6.61 Å². The molecule has 1 aliphatic heterocycles. The van der Waals surface area contributed by atoms with E-state index in [9.17, 15) is 15.0 Å². The van der Waals surface area contributed by atoms with E-state index in [0.29, 0.717) is 18.0 Å². The van der Waals surface area contributed by atoms with Gasteiger partial charge in [0.1, 0.15) is 12.4 Å². The van der Waals surface area contributed by atoms with Crippen molar-refractivity contribution < 1.29 is 19.7 Å². The van der Waals surface area contributed by atoms with Gasteiger partial charge in [-0.3, -0.25) is 0 Å². The van der Waals surface area contributed by atoms with E-state index in [1.165, 1.54) is 24.0 Å². The van der Waals surface area contributed by atoms with Gasteiger partial charge in [-0.25, -0.2) is 4.79 Å². The van der Waals surface area contributed by atoms with Gasteiger partial charge in [-0.05, 0) is 60.4 Å². The lowest BCUT2D eigenvalue weighted by Crippen LogP contribution is -2.62. The molecule has 5 heteroatoms. The molecule has 2 aromatic carbocycles. The van der Waals surface area contributed by atoms with Gasteiger partial charge in [0, 0.05) is 23.6 Å². The second-order valence-corrected chi connectivity index (χ2v) is 9.06. The van der Waals surface area contributed by atoms with Gasteiger partial charge in [-0.1, -0.05) is 43.2 Å². The zero-order chi connectivity index (χ0) is 20.7. The molecule has 2 N–H and O–H groups in total. The van der Waals surface area contributed by atoms with E-state index in [2.05, 4.69) is 0 Å². The second kappa shape index (κ2) is 7.62. The highest BCUT2D eigenvalue weighted by atomic mass is 16.6. The van der Waals surface area contributed by atoms with Crippen molar-refractivity contribution in [1.29, 1.82) is 0 Å². The number of aliphatic hydroxyl groups excluding tert-OH is 1. The van der Waals surface area contributed by atoms with Crippen molar-refractivity contribution in [3.05, 3.63) is 64.7 Å². The monoisotopic (exact) mass is 407 g/mol. The highest BCUT2D eigenvalue weighted by Gasteiger charge is 2.55. The third-order valence-electron chi connectivity index (χ3n) is 7.64. The summed E-state index contributed by atoms with van der Waals surface area (Å²) in [5.41, 5.74) is 4.00. The first kappa shape index (κ1) is 19.4. The summed E-state index contributed by atoms with van der Waals surface area (Å²) < 4.78 is 5.70. The molecule has 2 aliphatic carbocycles. The number of nitrogens with zero attached hydrogens (tertiary/aromatic N) is 1. The molecule has 3 aliphatic rings. The number of hydrogen-bond acceptors (Lipinski definition) is 4. The number of ether oxygens (including phenoxy) is 1. The van der Waals surface area contributed by atoms with Gasteiger partial charge < -0.3 is 19.8 Å². The van der Waals surface area contributed by atoms with E-state index in [4.69, 9.17) is 4.74 Å². The third kappa shape index (κ3) is 3.07. The number of rotatable bonds is 3. The van der Waals surface area contributed by atoms with Crippen LogP contribution in [0.5, 0.6) is 5.75 Å². The molecular formula is C25H29NO4. The molecule has 0 aromatic heterocycles. The Hall–Kier alpha value is -2.53. The zero-order valence-electron chi connectivity index (χ0n) is 17.2. The second-order valence-electron chi connectivity index (χ2n) is 9.06. The van der Waals surface area contributed by atoms with Crippen molar-refractivity contribution in [3.63, 3.8) is 0 Å². The van der Waals surface area contributed by atoms with Crippen molar-refractivity contribution >= 4 is 6.09 Å². The first-order chi connectivity index (χ1) is 14.6. The van der Waals surface area contributed by atoms with Gasteiger partial charge in [0.15, 0.2) is 0 Å². The number of hydrogen-bond donors (Lipinski definition) is 2. The predicted molar refractivity (Wildman–Crippen MR) is 113 cm³/mol. The van der Waals surface area contributed by atoms with Crippen LogP contribution in [-0.2, 0) is 29.8 Å². The maximum atomic E-state index is 13.1. The molecule has 3 atom stereocenters. The Morgan fingerprint density at radius 2 is 2.00 bits per heavy atom. The van der Waals surface area contributed by atoms with Gasteiger partial charge in [-0.15, -0.1) is 0 Å². The Labute approximate surface area is 177 Å². The number of carbonyl (C=O) groups excluding carboxylic acids is 1. The topological polar surface area (TPSA) is 70.0 Å². The summed E-state index contributed by atoms with van der Waals surface area (Å²) in [5.74, 6) is 0.592. The zero-order valence-corrected chi connectivity index (χ0v) is 17.2. The van der Waals surface area contributed by atoms with Crippen molar-refractivity contribution in [3.8, 4) is 5.75 Å². The number of fused-ring (bicyclic) bond motifs is 1. The number of aromatic hydroxyl groups is 1. The Morgan fingerprint density at radius 3 is 2.80 bits per heavy atom. The maximum absolute atomic E-state index is 13.1. The van der Waals surface area contributed by atoms with Gasteiger partial charge in [0.25, 0.3) is 0 Å². The molecule has 1 saturated heterocycles. The van der Waals surface area contributed by atoms with Crippen LogP contribution in [-0.4, -0.2) is 33.8 Å². The molecule has 30 heavy (non-hydrogen) atoms. The van der Waals surface area contributed by atoms with E-state index in [-0.39, 0.29) is 36.5 Å². The Kier molecular flexibility index (Phi) is 4.94. The average molecular weight is 408 g/mol. The number of likely N-dealkylation sites (tertiary alicyclic amines) is 1. The van der Waals surface area contributed by atoms with Crippen molar-refractivity contribution in [2.24, 2.45) is 5.92 Å². The molecule has 0 radical (unpaired) electrons. The van der Waals surface area contributed by atoms with Crippen LogP contribution in [0, 0.1) is 5.92 Å². The summed E-state index contributed by atoms with van der Waals surface area (Å²) in [4.78, 5) is 15.0. The lowest BCUT2D eigenvalue weighted by atomic mass is 9.52. The highest BCUT2D eigenvalue weighted by molar-refractivity contribution is 5.69. The normalized spacial score (nSPS) is 27.2. The van der Waals surface area contributed by atoms with Crippen molar-refractivity contribution in [2.45, 2.75) is 63.2 Å². The number of piperidine rings is 1. The molecule has 0 unspecified atom stereocenters. The molecule has 1 heterocycles. The first-order valence-corrected chi connectivity index (χ1v) is 11.1. The summed E-state index contributed by atoms with van der Waals surface area (Å²) >= 11 is 0. The number of carbonyl (C=O) groups is 1. The van der Waals surface area contributed by atoms with Crippen LogP contribution in [0.15, 0.2) is 42.5 Å². The van der Waals surface area contributed by atoms with E-state index >= 15 is 0 Å². The Bertz CT molecular complexity index is 944. The molecule has 1 amide bonds. The van der Waals surface area contributed by atoms with Crippen LogP contribution in [0.2, 0.25) is 0 Å². The Balaban J connectivity index is 1.44. The van der Waals surface area contributed by atoms with Crippen LogP contribution in [0.1, 0.15) is 54.4 Å². The van der Waals surface area contributed by atoms with Crippen LogP contribution < -0.4 is 0 Å². The summed E-state index contributed by atoms with van der Waals surface area (Å²) in [6.07, 6.45) is 6.01. The summed E-state index contributed by atoms with van der Waals surface area (Å²) in [6, 6.07) is 13.8. The maximum Gasteiger partial charge on any atom is 0.410 e. The summed E-state index contributed by atoms with van der Waals surface area (Å²) in [7, 11) is 0. The van der Waals surface area contributed by atoms with E-state index < -0.39 is 0 Å². The fraction of sp³-hybridized carbons (Fsp3) is 0.480. The highest BCUT2D eigenvalue weighted by Crippen LogP contribution is 2.56. The van der Waals surface area contributed by atoms with E-state index in [1.54, 1.807) is 0 Å². The van der Waals surface area contributed by atoms with Crippen molar-refractivity contribution in [2.75, 3.05) is 6.54 Å². The van der Waals surface area contributed by atoms with Crippen LogP contribution >= 0.6 is 0 Å². The molecule has 2 aromatic rings. The lowest BCUT2D eigenvalue weighted by molar-refractivity contribution is -0.0137. The molecule has 5 nitrogen and oxygen atoms in total. The summed E-state index contributed by atoms with van der Waals surface area (Å²) in [5, 5.41) is 20.1. The van der Waals surface area contributed by atoms with Crippen molar-refractivity contribution in [1.82, 2.24) is 4.90 Å². The van der Waals surface area contributed by atoms with E-state index in [1.807, 2.05) is 47.4 Å².